The van der Waals surface area contributed by atoms with Crippen LogP contribution in [0.2, 0.25) is 0 Å². The maximum absolute atomic E-state index is 12.7. The number of rotatable bonds is 9. The highest BCUT2D eigenvalue weighted by Gasteiger charge is 2.48. The molecule has 0 heterocycles. The number of sulfonamides is 1. The molecule has 0 amide bonds. The minimum absolute atomic E-state index is 0.00243. The average Bonchev–Trinajstić information content (AvgIpc) is 3.20. The van der Waals surface area contributed by atoms with E-state index in [4.69, 9.17) is 5.11 Å². The van der Waals surface area contributed by atoms with Crippen LogP contribution >= 0.6 is 0 Å². The molecule has 2 N–H and O–H groups in total. The first-order valence-corrected chi connectivity index (χ1v) is 10.9. The molecule has 0 saturated heterocycles. The second kappa shape index (κ2) is 8.35. The monoisotopic (exact) mass is 377 g/mol. The molecule has 0 unspecified atom stereocenters. The van der Waals surface area contributed by atoms with Crippen LogP contribution in [0.15, 0.2) is 47.4 Å². The van der Waals surface area contributed by atoms with Gasteiger partial charge in [-0.25, -0.2) is 13.1 Å². The van der Waals surface area contributed by atoms with E-state index in [2.05, 4.69) is 10.8 Å². The summed E-state index contributed by atoms with van der Waals surface area (Å²) in [6.45, 7) is 0. The van der Waals surface area contributed by atoms with Crippen molar-refractivity contribution in [2.75, 3.05) is 0 Å². The lowest BCUT2D eigenvalue weighted by molar-refractivity contribution is -0.137. The highest BCUT2D eigenvalue weighted by Crippen LogP contribution is 2.50. The lowest BCUT2D eigenvalue weighted by Crippen LogP contribution is -2.43. The van der Waals surface area contributed by atoms with Crippen molar-refractivity contribution in [2.24, 2.45) is 17.8 Å². The van der Waals surface area contributed by atoms with E-state index in [1.165, 1.54) is 6.42 Å². The fourth-order valence-electron chi connectivity index (χ4n) is 4.52. The maximum Gasteiger partial charge on any atom is 0.303 e. The number of fused-ring (bicyclic) bond motifs is 2. The SMILES string of the molecule is O=C(O)CCC/C=C\C[C@@H]1[C@H]2CC[C@H](C2)[C@@H]1NS(=O)(=O)c1ccccc1. The van der Waals surface area contributed by atoms with Gasteiger partial charge in [0.15, 0.2) is 0 Å². The number of benzene rings is 1. The van der Waals surface area contributed by atoms with Crippen molar-refractivity contribution in [1.29, 1.82) is 0 Å². The normalized spacial score (nSPS) is 28.0. The first kappa shape index (κ1) is 19.1. The molecular formula is C20H27NO4S. The molecule has 2 aliphatic carbocycles. The quantitative estimate of drug-likeness (QED) is 0.509. The number of carbonyl (C=O) groups is 1. The first-order chi connectivity index (χ1) is 12.5. The number of allylic oxidation sites excluding steroid dienone is 2. The Bertz CT molecular complexity index is 744. The predicted octanol–water partition coefficient (Wildman–Crippen LogP) is 3.58. The summed E-state index contributed by atoms with van der Waals surface area (Å²) in [5.41, 5.74) is 0. The lowest BCUT2D eigenvalue weighted by Gasteiger charge is -2.31. The number of nitrogens with one attached hydrogen (secondary N) is 1. The van der Waals surface area contributed by atoms with Gasteiger partial charge in [0.1, 0.15) is 0 Å². The standard InChI is InChI=1S/C20H27NO4S/c22-19(23)11-7-2-1-6-10-18-15-12-13-16(14-15)20(18)21-26(24,25)17-8-4-3-5-9-17/h1,3-6,8-9,15-16,18,20-21H,2,7,10-14H2,(H,22,23)/b6-1-/t15-,16+,18+,20-/m0/s1. The van der Waals surface area contributed by atoms with Gasteiger partial charge in [-0.15, -0.1) is 0 Å². The van der Waals surface area contributed by atoms with E-state index in [0.29, 0.717) is 29.1 Å². The van der Waals surface area contributed by atoms with Crippen molar-refractivity contribution in [3.05, 3.63) is 42.5 Å². The summed E-state index contributed by atoms with van der Waals surface area (Å²) < 4.78 is 28.4. The average molecular weight is 378 g/mol. The van der Waals surface area contributed by atoms with Gasteiger partial charge in [0.25, 0.3) is 0 Å². The minimum atomic E-state index is -3.49. The van der Waals surface area contributed by atoms with Crippen LogP contribution in [0.25, 0.3) is 0 Å². The number of carboxylic acids is 1. The number of hydrogen-bond donors (Lipinski definition) is 2. The van der Waals surface area contributed by atoms with Crippen LogP contribution in [0.4, 0.5) is 0 Å². The van der Waals surface area contributed by atoms with Crippen LogP contribution in [-0.4, -0.2) is 25.5 Å². The summed E-state index contributed by atoms with van der Waals surface area (Å²) >= 11 is 0. The van der Waals surface area contributed by atoms with Gasteiger partial charge in [0, 0.05) is 12.5 Å². The van der Waals surface area contributed by atoms with E-state index in [0.717, 1.165) is 25.7 Å². The van der Waals surface area contributed by atoms with Crippen LogP contribution in [-0.2, 0) is 14.8 Å². The van der Waals surface area contributed by atoms with Crippen molar-refractivity contribution in [3.63, 3.8) is 0 Å². The Kier molecular flexibility index (Phi) is 6.14. The molecule has 4 atom stereocenters. The van der Waals surface area contributed by atoms with E-state index >= 15 is 0 Å². The van der Waals surface area contributed by atoms with E-state index in [1.54, 1.807) is 24.3 Å². The van der Waals surface area contributed by atoms with Crippen molar-refractivity contribution in [3.8, 4) is 0 Å². The molecule has 142 valence electrons. The minimum Gasteiger partial charge on any atom is -0.481 e. The van der Waals surface area contributed by atoms with Crippen LogP contribution < -0.4 is 4.72 Å². The van der Waals surface area contributed by atoms with Crippen molar-refractivity contribution in [2.45, 2.75) is 55.9 Å². The Morgan fingerprint density at radius 1 is 1.15 bits per heavy atom. The molecule has 5 nitrogen and oxygen atoms in total. The Morgan fingerprint density at radius 3 is 2.62 bits per heavy atom. The van der Waals surface area contributed by atoms with Gasteiger partial charge in [0.05, 0.1) is 4.90 Å². The van der Waals surface area contributed by atoms with Gasteiger partial charge < -0.3 is 5.11 Å². The number of carboxylic acid groups (broad SMARTS) is 1. The summed E-state index contributed by atoms with van der Waals surface area (Å²) in [6, 6.07) is 8.57. The van der Waals surface area contributed by atoms with Crippen molar-refractivity contribution < 1.29 is 18.3 Å². The smallest absolute Gasteiger partial charge is 0.303 e. The van der Waals surface area contributed by atoms with Gasteiger partial charge in [0.2, 0.25) is 10.0 Å². The third-order valence-corrected chi connectivity index (χ3v) is 7.24. The molecule has 1 aromatic rings. The molecule has 1 aromatic carbocycles. The highest BCUT2D eigenvalue weighted by atomic mass is 32.2. The Morgan fingerprint density at radius 2 is 1.88 bits per heavy atom. The molecule has 26 heavy (non-hydrogen) atoms. The van der Waals surface area contributed by atoms with E-state index in [9.17, 15) is 13.2 Å². The second-order valence-corrected chi connectivity index (χ2v) is 9.16. The zero-order valence-corrected chi connectivity index (χ0v) is 15.7. The number of hydrogen-bond acceptors (Lipinski definition) is 3. The molecule has 3 rings (SSSR count). The fraction of sp³-hybridized carbons (Fsp3) is 0.550. The third-order valence-electron chi connectivity index (χ3n) is 5.77. The zero-order valence-electron chi connectivity index (χ0n) is 14.9. The molecule has 6 heteroatoms. The van der Waals surface area contributed by atoms with Crippen molar-refractivity contribution >= 4 is 16.0 Å². The van der Waals surface area contributed by atoms with Crippen LogP contribution in [0.5, 0.6) is 0 Å². The summed E-state index contributed by atoms with van der Waals surface area (Å²) in [7, 11) is -3.49. The second-order valence-electron chi connectivity index (χ2n) is 7.45. The van der Waals surface area contributed by atoms with Gasteiger partial charge in [-0.2, -0.15) is 0 Å². The molecule has 2 fully saturated rings. The van der Waals surface area contributed by atoms with Gasteiger partial charge >= 0.3 is 5.97 Å². The zero-order chi connectivity index (χ0) is 18.6. The number of aliphatic carboxylic acids is 1. The Hall–Kier alpha value is -1.66. The van der Waals surface area contributed by atoms with Crippen LogP contribution in [0, 0.1) is 17.8 Å². The van der Waals surface area contributed by atoms with Crippen molar-refractivity contribution in [1.82, 2.24) is 4.72 Å². The summed E-state index contributed by atoms with van der Waals surface area (Å²) in [5.74, 6) is 0.598. The van der Waals surface area contributed by atoms with E-state index in [-0.39, 0.29) is 12.5 Å². The van der Waals surface area contributed by atoms with Gasteiger partial charge in [-0.3, -0.25) is 4.79 Å². The van der Waals surface area contributed by atoms with E-state index in [1.807, 2.05) is 12.1 Å². The molecule has 0 aliphatic heterocycles. The van der Waals surface area contributed by atoms with Crippen LogP contribution in [0.3, 0.4) is 0 Å². The van der Waals surface area contributed by atoms with Crippen LogP contribution in [0.1, 0.15) is 44.9 Å². The summed E-state index contributed by atoms with van der Waals surface area (Å²) in [4.78, 5) is 10.9. The lowest BCUT2D eigenvalue weighted by atomic mass is 9.83. The summed E-state index contributed by atoms with van der Waals surface area (Å²) in [5, 5.41) is 8.66. The topological polar surface area (TPSA) is 83.5 Å². The van der Waals surface area contributed by atoms with Gasteiger partial charge in [-0.05, 0) is 68.4 Å². The van der Waals surface area contributed by atoms with E-state index < -0.39 is 16.0 Å². The predicted molar refractivity (Wildman–Crippen MR) is 100 cm³/mol. The highest BCUT2D eigenvalue weighted by molar-refractivity contribution is 7.89. The fourth-order valence-corrected chi connectivity index (χ4v) is 5.90. The number of unbranched alkanes of at least 4 members (excludes halogenated alkanes) is 1. The molecule has 0 spiro atoms. The third kappa shape index (κ3) is 4.54. The summed E-state index contributed by atoms with van der Waals surface area (Å²) in [6.07, 6.45) is 10.00. The Balaban J connectivity index is 1.60. The molecular weight excluding hydrogens is 350 g/mol. The molecule has 2 aliphatic rings. The molecule has 2 bridgehead atoms. The molecule has 0 radical (unpaired) electrons. The van der Waals surface area contributed by atoms with Gasteiger partial charge in [-0.1, -0.05) is 30.4 Å². The molecule has 2 saturated carbocycles. The maximum atomic E-state index is 12.7. The molecule has 0 aromatic heterocycles. The Labute approximate surface area is 155 Å². The largest absolute Gasteiger partial charge is 0.481 e. The first-order valence-electron chi connectivity index (χ1n) is 9.41.